The van der Waals surface area contributed by atoms with Gasteiger partial charge in [0.2, 0.25) is 0 Å². The van der Waals surface area contributed by atoms with Crippen LogP contribution in [0.25, 0.3) is 0 Å². The zero-order chi connectivity index (χ0) is 14.5. The summed E-state index contributed by atoms with van der Waals surface area (Å²) in [6.45, 7) is 4.93. The number of hydrogen-bond donors (Lipinski definition) is 2. The van der Waals surface area contributed by atoms with Crippen LogP contribution in [-0.2, 0) is 0 Å². The number of hydrogen-bond acceptors (Lipinski definition) is 4. The van der Waals surface area contributed by atoms with E-state index in [0.717, 1.165) is 30.0 Å². The second kappa shape index (κ2) is 6.77. The van der Waals surface area contributed by atoms with Gasteiger partial charge in [0.05, 0.1) is 10.7 Å². The molecule has 2 N–H and O–H groups in total. The fourth-order valence-electron chi connectivity index (χ4n) is 1.72. The minimum absolute atomic E-state index is 0.593. The van der Waals surface area contributed by atoms with Crippen LogP contribution in [0.3, 0.4) is 0 Å². The highest BCUT2D eigenvalue weighted by Gasteiger charge is 2.09. The summed E-state index contributed by atoms with van der Waals surface area (Å²) in [7, 11) is 0. The molecule has 1 aromatic heterocycles. The summed E-state index contributed by atoms with van der Waals surface area (Å²) in [5.74, 6) is 1.53. The Morgan fingerprint density at radius 1 is 1.15 bits per heavy atom. The van der Waals surface area contributed by atoms with E-state index in [4.69, 9.17) is 23.2 Å². The Hall–Kier alpha value is -1.52. The molecule has 0 aliphatic carbocycles. The number of aromatic nitrogens is 2. The summed E-state index contributed by atoms with van der Waals surface area (Å²) in [6.07, 6.45) is 2.55. The van der Waals surface area contributed by atoms with Crippen molar-refractivity contribution in [1.29, 1.82) is 0 Å². The predicted molar refractivity (Wildman–Crippen MR) is 85.3 cm³/mol. The largest absolute Gasteiger partial charge is 0.370 e. The van der Waals surface area contributed by atoms with Crippen molar-refractivity contribution in [3.05, 3.63) is 40.1 Å². The first kappa shape index (κ1) is 14.9. The van der Waals surface area contributed by atoms with Gasteiger partial charge in [0.15, 0.2) is 0 Å². The monoisotopic (exact) mass is 310 g/mol. The highest BCUT2D eigenvalue weighted by molar-refractivity contribution is 6.35. The smallest absolute Gasteiger partial charge is 0.138 e. The van der Waals surface area contributed by atoms with E-state index in [9.17, 15) is 0 Å². The molecule has 0 unspecified atom stereocenters. The Bertz CT molecular complexity index is 602. The lowest BCUT2D eigenvalue weighted by atomic mass is 10.2. The van der Waals surface area contributed by atoms with Gasteiger partial charge in [0.1, 0.15) is 18.0 Å². The normalized spacial score (nSPS) is 10.4. The molecule has 2 aromatic rings. The van der Waals surface area contributed by atoms with Gasteiger partial charge in [-0.05, 0) is 31.5 Å². The van der Waals surface area contributed by atoms with Gasteiger partial charge in [0.25, 0.3) is 0 Å². The molecule has 0 atom stereocenters. The van der Waals surface area contributed by atoms with Crippen LogP contribution >= 0.6 is 23.2 Å². The summed E-state index contributed by atoms with van der Waals surface area (Å²) >= 11 is 12.1. The van der Waals surface area contributed by atoms with Crippen LogP contribution in [0.1, 0.15) is 18.9 Å². The molecule has 0 radical (unpaired) electrons. The molecule has 0 saturated carbocycles. The van der Waals surface area contributed by atoms with E-state index in [0.29, 0.717) is 15.9 Å². The number of nitrogens with zero attached hydrogens (tertiary/aromatic N) is 2. The SMILES string of the molecule is CCCNc1ncnc(Nc2cc(Cl)ccc2Cl)c1C. The second-order valence-corrected chi connectivity index (χ2v) is 5.22. The van der Waals surface area contributed by atoms with Crippen LogP contribution in [0, 0.1) is 6.92 Å². The van der Waals surface area contributed by atoms with Gasteiger partial charge in [-0.2, -0.15) is 0 Å². The van der Waals surface area contributed by atoms with Crippen LogP contribution in [-0.4, -0.2) is 16.5 Å². The van der Waals surface area contributed by atoms with Crippen LogP contribution < -0.4 is 10.6 Å². The standard InChI is InChI=1S/C14H16Cl2N4/c1-3-6-17-13-9(2)14(19-8-18-13)20-12-7-10(15)4-5-11(12)16/h4-5,7-8H,3,6H2,1-2H3,(H2,17,18,19,20). The molecule has 0 amide bonds. The number of rotatable bonds is 5. The fraction of sp³-hybridized carbons (Fsp3) is 0.286. The molecule has 0 aliphatic rings. The Morgan fingerprint density at radius 3 is 2.65 bits per heavy atom. The molecule has 0 saturated heterocycles. The van der Waals surface area contributed by atoms with E-state index in [1.807, 2.05) is 6.92 Å². The van der Waals surface area contributed by atoms with E-state index >= 15 is 0 Å². The highest BCUT2D eigenvalue weighted by Crippen LogP contribution is 2.29. The molecule has 0 aliphatic heterocycles. The van der Waals surface area contributed by atoms with Gasteiger partial charge < -0.3 is 10.6 Å². The molecule has 0 fully saturated rings. The zero-order valence-electron chi connectivity index (χ0n) is 11.4. The van der Waals surface area contributed by atoms with E-state index in [2.05, 4.69) is 27.5 Å². The molecule has 4 nitrogen and oxygen atoms in total. The summed E-state index contributed by atoms with van der Waals surface area (Å²) in [6, 6.07) is 5.26. The lowest BCUT2D eigenvalue weighted by molar-refractivity contribution is 0.960. The minimum Gasteiger partial charge on any atom is -0.370 e. The predicted octanol–water partition coefficient (Wildman–Crippen LogP) is 4.66. The number of anilines is 3. The third-order valence-corrected chi connectivity index (χ3v) is 3.37. The lowest BCUT2D eigenvalue weighted by Gasteiger charge is -2.13. The summed E-state index contributed by atoms with van der Waals surface area (Å²) < 4.78 is 0. The van der Waals surface area contributed by atoms with E-state index in [-0.39, 0.29) is 0 Å². The first-order valence-electron chi connectivity index (χ1n) is 6.39. The third-order valence-electron chi connectivity index (χ3n) is 2.81. The number of halogens is 2. The van der Waals surface area contributed by atoms with Crippen LogP contribution in [0.15, 0.2) is 24.5 Å². The summed E-state index contributed by atoms with van der Waals surface area (Å²) in [5, 5.41) is 7.67. The lowest BCUT2D eigenvalue weighted by Crippen LogP contribution is -2.07. The Kier molecular flexibility index (Phi) is 5.04. The van der Waals surface area contributed by atoms with Gasteiger partial charge in [-0.25, -0.2) is 9.97 Å². The summed E-state index contributed by atoms with van der Waals surface area (Å²) in [5.41, 5.74) is 1.67. The zero-order valence-corrected chi connectivity index (χ0v) is 12.9. The van der Waals surface area contributed by atoms with Crippen molar-refractivity contribution in [2.24, 2.45) is 0 Å². The van der Waals surface area contributed by atoms with Crippen molar-refractivity contribution in [1.82, 2.24) is 9.97 Å². The fourth-order valence-corrected chi connectivity index (χ4v) is 2.06. The van der Waals surface area contributed by atoms with Crippen LogP contribution in [0.2, 0.25) is 10.0 Å². The maximum absolute atomic E-state index is 6.14. The van der Waals surface area contributed by atoms with Crippen molar-refractivity contribution in [2.45, 2.75) is 20.3 Å². The molecule has 6 heteroatoms. The van der Waals surface area contributed by atoms with Crippen molar-refractivity contribution >= 4 is 40.5 Å². The molecule has 2 rings (SSSR count). The van der Waals surface area contributed by atoms with Gasteiger partial charge in [-0.3, -0.25) is 0 Å². The average Bonchev–Trinajstić information content (AvgIpc) is 2.44. The van der Waals surface area contributed by atoms with Crippen molar-refractivity contribution in [2.75, 3.05) is 17.2 Å². The summed E-state index contributed by atoms with van der Waals surface area (Å²) in [4.78, 5) is 8.49. The maximum atomic E-state index is 6.14. The molecule has 106 valence electrons. The molecule has 20 heavy (non-hydrogen) atoms. The van der Waals surface area contributed by atoms with Crippen molar-refractivity contribution < 1.29 is 0 Å². The minimum atomic E-state index is 0.593. The molecule has 1 aromatic carbocycles. The van der Waals surface area contributed by atoms with E-state index < -0.39 is 0 Å². The Morgan fingerprint density at radius 2 is 1.90 bits per heavy atom. The van der Waals surface area contributed by atoms with Gasteiger partial charge >= 0.3 is 0 Å². The molecule has 0 spiro atoms. The molecular weight excluding hydrogens is 295 g/mol. The average molecular weight is 311 g/mol. The van der Waals surface area contributed by atoms with Crippen LogP contribution in [0.4, 0.5) is 17.3 Å². The maximum Gasteiger partial charge on any atom is 0.138 e. The quantitative estimate of drug-likeness (QED) is 0.843. The first-order chi connectivity index (χ1) is 9.61. The molecular formula is C14H16Cl2N4. The second-order valence-electron chi connectivity index (χ2n) is 4.37. The van der Waals surface area contributed by atoms with E-state index in [1.165, 1.54) is 6.33 Å². The van der Waals surface area contributed by atoms with Gasteiger partial charge in [-0.15, -0.1) is 0 Å². The third kappa shape index (κ3) is 3.52. The number of nitrogens with one attached hydrogen (secondary N) is 2. The topological polar surface area (TPSA) is 49.8 Å². The van der Waals surface area contributed by atoms with Crippen molar-refractivity contribution in [3.8, 4) is 0 Å². The van der Waals surface area contributed by atoms with Crippen LogP contribution in [0.5, 0.6) is 0 Å². The van der Waals surface area contributed by atoms with Crippen molar-refractivity contribution in [3.63, 3.8) is 0 Å². The number of benzene rings is 1. The van der Waals surface area contributed by atoms with E-state index in [1.54, 1.807) is 18.2 Å². The Balaban J connectivity index is 2.27. The Labute approximate surface area is 128 Å². The van der Waals surface area contributed by atoms with Gasteiger partial charge in [-0.1, -0.05) is 30.1 Å². The molecule has 0 bridgehead atoms. The highest BCUT2D eigenvalue weighted by atomic mass is 35.5. The van der Waals surface area contributed by atoms with Gasteiger partial charge in [0, 0.05) is 17.1 Å². The molecule has 1 heterocycles. The first-order valence-corrected chi connectivity index (χ1v) is 7.15.